The van der Waals surface area contributed by atoms with Gasteiger partial charge in [-0.2, -0.15) is 0 Å². The van der Waals surface area contributed by atoms with Gasteiger partial charge in [-0.25, -0.2) is 13.1 Å². The van der Waals surface area contributed by atoms with Gasteiger partial charge in [0, 0.05) is 30.9 Å². The van der Waals surface area contributed by atoms with Gasteiger partial charge in [0.05, 0.1) is 11.4 Å². The summed E-state index contributed by atoms with van der Waals surface area (Å²) in [7, 11) is -3.55. The van der Waals surface area contributed by atoms with Gasteiger partial charge >= 0.3 is 0 Å². The van der Waals surface area contributed by atoms with Crippen LogP contribution in [0.2, 0.25) is 0 Å². The molecule has 3 rings (SSSR count). The average Bonchev–Trinajstić information content (AvgIpc) is 2.78. The Balaban J connectivity index is 1.50. The van der Waals surface area contributed by atoms with E-state index >= 15 is 0 Å². The van der Waals surface area contributed by atoms with Crippen LogP contribution in [0.1, 0.15) is 35.7 Å². The summed E-state index contributed by atoms with van der Waals surface area (Å²) in [4.78, 5) is 26.8. The summed E-state index contributed by atoms with van der Waals surface area (Å²) in [5, 5.41) is 5.59. The Hall–Kier alpha value is -2.75. The molecule has 1 heterocycles. The lowest BCUT2D eigenvalue weighted by Crippen LogP contribution is -2.43. The number of anilines is 1. The number of piperidine rings is 1. The molecule has 1 aliphatic heterocycles. The molecule has 2 amide bonds. The lowest BCUT2D eigenvalue weighted by Gasteiger charge is -2.32. The highest BCUT2D eigenvalue weighted by molar-refractivity contribution is 7.89. The van der Waals surface area contributed by atoms with Gasteiger partial charge in [0.2, 0.25) is 15.9 Å². The maximum atomic E-state index is 12.6. The molecule has 178 valence electrons. The Morgan fingerprint density at radius 1 is 1.12 bits per heavy atom. The molecular weight excluding hydrogens is 440 g/mol. The molecule has 1 unspecified atom stereocenters. The molecule has 0 bridgehead atoms. The monoisotopic (exact) mass is 472 g/mol. The van der Waals surface area contributed by atoms with E-state index in [4.69, 9.17) is 0 Å². The maximum absolute atomic E-state index is 12.6. The number of carbonyl (C=O) groups excluding carboxylic acids is 2. The molecule has 33 heavy (non-hydrogen) atoms. The molecule has 2 aromatic rings. The predicted octanol–water partition coefficient (Wildman–Crippen LogP) is 2.37. The summed E-state index contributed by atoms with van der Waals surface area (Å²) in [5.41, 5.74) is 2.07. The van der Waals surface area contributed by atoms with Crippen LogP contribution in [0.15, 0.2) is 53.4 Å². The summed E-state index contributed by atoms with van der Waals surface area (Å²) in [6, 6.07) is 13.6. The SMILES string of the molecule is CCNC(=O)c1cccc(NC(=O)CN2CCCC(CNS(=O)(=O)c3ccc(C)cc3)C2)c1. The van der Waals surface area contributed by atoms with Crippen LogP contribution in [0.5, 0.6) is 0 Å². The topological polar surface area (TPSA) is 108 Å². The number of aryl methyl sites for hydroxylation is 1. The average molecular weight is 473 g/mol. The van der Waals surface area contributed by atoms with Gasteiger partial charge in [0.1, 0.15) is 0 Å². The number of amides is 2. The number of nitrogens with zero attached hydrogens (tertiary/aromatic N) is 1. The number of nitrogens with one attached hydrogen (secondary N) is 3. The molecule has 0 aromatic heterocycles. The Labute approximate surface area is 195 Å². The molecule has 1 saturated heterocycles. The number of rotatable bonds is 9. The third kappa shape index (κ3) is 7.38. The van der Waals surface area contributed by atoms with Gasteiger partial charge in [-0.15, -0.1) is 0 Å². The standard InChI is InChI=1S/C24H32N4O4S/c1-3-25-24(30)20-7-4-8-21(14-20)27-23(29)17-28-13-5-6-19(16-28)15-26-33(31,32)22-11-9-18(2)10-12-22/h4,7-12,14,19,26H,3,5-6,13,15-17H2,1-2H3,(H,25,30)(H,27,29). The van der Waals surface area contributed by atoms with Gasteiger partial charge in [-0.1, -0.05) is 23.8 Å². The fourth-order valence-electron chi connectivity index (χ4n) is 3.89. The first-order valence-electron chi connectivity index (χ1n) is 11.2. The van der Waals surface area contributed by atoms with Crippen molar-refractivity contribution in [3.8, 4) is 0 Å². The number of hydrogen-bond acceptors (Lipinski definition) is 5. The van der Waals surface area contributed by atoms with E-state index in [1.54, 1.807) is 48.5 Å². The molecular formula is C24H32N4O4S. The van der Waals surface area contributed by atoms with E-state index < -0.39 is 10.0 Å². The summed E-state index contributed by atoms with van der Waals surface area (Å²) < 4.78 is 27.8. The zero-order chi connectivity index (χ0) is 23.8. The number of benzene rings is 2. The minimum atomic E-state index is -3.55. The van der Waals surface area contributed by atoms with Crippen LogP contribution in [0.25, 0.3) is 0 Å². The van der Waals surface area contributed by atoms with Gasteiger partial charge in [0.15, 0.2) is 0 Å². The van der Waals surface area contributed by atoms with Crippen molar-refractivity contribution in [1.82, 2.24) is 14.9 Å². The maximum Gasteiger partial charge on any atom is 0.251 e. The van der Waals surface area contributed by atoms with E-state index in [-0.39, 0.29) is 29.2 Å². The summed E-state index contributed by atoms with van der Waals surface area (Å²) in [6.07, 6.45) is 1.81. The van der Waals surface area contributed by atoms with Gasteiger partial charge in [0.25, 0.3) is 5.91 Å². The van der Waals surface area contributed by atoms with Crippen molar-refractivity contribution < 1.29 is 18.0 Å². The second kappa shape index (κ2) is 11.4. The summed E-state index contributed by atoms with van der Waals surface area (Å²) >= 11 is 0. The van der Waals surface area contributed by atoms with E-state index in [1.807, 2.05) is 18.7 Å². The summed E-state index contributed by atoms with van der Waals surface area (Å²) in [5.74, 6) is -0.211. The van der Waals surface area contributed by atoms with Crippen LogP contribution >= 0.6 is 0 Å². The number of sulfonamides is 1. The molecule has 3 N–H and O–H groups in total. The van der Waals surface area contributed by atoms with E-state index in [0.717, 1.165) is 24.9 Å². The molecule has 0 saturated carbocycles. The Kier molecular flexibility index (Phi) is 8.60. The number of likely N-dealkylation sites (tertiary alicyclic amines) is 1. The first-order valence-corrected chi connectivity index (χ1v) is 12.7. The molecule has 8 nitrogen and oxygen atoms in total. The van der Waals surface area contributed by atoms with Crippen LogP contribution in [0.4, 0.5) is 5.69 Å². The molecule has 0 spiro atoms. The fraction of sp³-hybridized carbons (Fsp3) is 0.417. The Morgan fingerprint density at radius 3 is 2.61 bits per heavy atom. The highest BCUT2D eigenvalue weighted by Gasteiger charge is 2.24. The van der Waals surface area contributed by atoms with Crippen LogP contribution in [-0.4, -0.2) is 57.9 Å². The van der Waals surface area contributed by atoms with Gasteiger partial charge < -0.3 is 10.6 Å². The van der Waals surface area contributed by atoms with Crippen molar-refractivity contribution in [2.45, 2.75) is 31.6 Å². The molecule has 1 atom stereocenters. The van der Waals surface area contributed by atoms with E-state index in [1.165, 1.54) is 0 Å². The van der Waals surface area contributed by atoms with Gasteiger partial charge in [-0.3, -0.25) is 14.5 Å². The zero-order valence-electron chi connectivity index (χ0n) is 19.1. The lowest BCUT2D eigenvalue weighted by molar-refractivity contribution is -0.117. The minimum absolute atomic E-state index is 0.132. The quantitative estimate of drug-likeness (QED) is 0.519. The fourth-order valence-corrected chi connectivity index (χ4v) is 5.01. The first kappa shape index (κ1) is 24.9. The van der Waals surface area contributed by atoms with Gasteiger partial charge in [-0.05, 0) is 69.5 Å². The first-order chi connectivity index (χ1) is 15.8. The highest BCUT2D eigenvalue weighted by Crippen LogP contribution is 2.18. The number of hydrogen-bond donors (Lipinski definition) is 3. The Morgan fingerprint density at radius 2 is 1.88 bits per heavy atom. The molecule has 2 aromatic carbocycles. The smallest absolute Gasteiger partial charge is 0.251 e. The van der Waals surface area contributed by atoms with Crippen LogP contribution in [-0.2, 0) is 14.8 Å². The molecule has 1 aliphatic rings. The molecule has 0 radical (unpaired) electrons. The highest BCUT2D eigenvalue weighted by atomic mass is 32.2. The van der Waals surface area contributed by atoms with E-state index in [0.29, 0.717) is 30.9 Å². The minimum Gasteiger partial charge on any atom is -0.352 e. The van der Waals surface area contributed by atoms with Crippen molar-refractivity contribution >= 4 is 27.5 Å². The second-order valence-electron chi connectivity index (χ2n) is 8.40. The zero-order valence-corrected chi connectivity index (χ0v) is 20.0. The molecule has 0 aliphatic carbocycles. The third-order valence-electron chi connectivity index (χ3n) is 5.61. The normalized spacial score (nSPS) is 16.8. The van der Waals surface area contributed by atoms with E-state index in [2.05, 4.69) is 15.4 Å². The third-order valence-corrected chi connectivity index (χ3v) is 7.05. The van der Waals surface area contributed by atoms with Crippen LogP contribution in [0, 0.1) is 12.8 Å². The molecule has 9 heteroatoms. The van der Waals surface area contributed by atoms with Crippen molar-refractivity contribution in [2.75, 3.05) is 38.0 Å². The van der Waals surface area contributed by atoms with Crippen molar-refractivity contribution in [3.63, 3.8) is 0 Å². The van der Waals surface area contributed by atoms with Crippen molar-refractivity contribution in [3.05, 3.63) is 59.7 Å². The second-order valence-corrected chi connectivity index (χ2v) is 10.2. The van der Waals surface area contributed by atoms with Crippen molar-refractivity contribution in [2.24, 2.45) is 5.92 Å². The predicted molar refractivity (Wildman–Crippen MR) is 129 cm³/mol. The van der Waals surface area contributed by atoms with Crippen LogP contribution in [0.3, 0.4) is 0 Å². The molecule has 1 fully saturated rings. The Bertz CT molecular complexity index is 1070. The lowest BCUT2D eigenvalue weighted by atomic mass is 9.98. The summed E-state index contributed by atoms with van der Waals surface area (Å²) in [6.45, 7) is 6.28. The van der Waals surface area contributed by atoms with Crippen LogP contribution < -0.4 is 15.4 Å². The number of carbonyl (C=O) groups is 2. The largest absolute Gasteiger partial charge is 0.352 e. The van der Waals surface area contributed by atoms with E-state index in [9.17, 15) is 18.0 Å². The van der Waals surface area contributed by atoms with Crippen molar-refractivity contribution in [1.29, 1.82) is 0 Å².